The van der Waals surface area contributed by atoms with Crippen LogP contribution < -0.4 is 11.1 Å². The Hall–Kier alpha value is -2.65. The number of carbonyl (C=O) groups excluding carboxylic acids is 1. The summed E-state index contributed by atoms with van der Waals surface area (Å²) in [5.74, 6) is -0.360. The number of carbonyl (C=O) groups is 1. The van der Waals surface area contributed by atoms with Gasteiger partial charge < -0.3 is 11.1 Å². The van der Waals surface area contributed by atoms with Crippen molar-refractivity contribution in [1.29, 1.82) is 5.26 Å². The molecule has 0 aliphatic heterocycles. The monoisotopic (exact) mass is 273 g/mol. The Morgan fingerprint density at radius 1 is 1.42 bits per heavy atom. The molecule has 0 aliphatic carbocycles. The summed E-state index contributed by atoms with van der Waals surface area (Å²) in [6.45, 7) is 0. The van der Waals surface area contributed by atoms with Gasteiger partial charge in [0.05, 0.1) is 34.7 Å². The summed E-state index contributed by atoms with van der Waals surface area (Å²) in [7, 11) is 0. The third-order valence-corrected chi connectivity index (χ3v) is 2.56. The number of hydrogen-bond acceptors (Lipinski definition) is 5. The van der Waals surface area contributed by atoms with E-state index in [9.17, 15) is 4.79 Å². The van der Waals surface area contributed by atoms with Gasteiger partial charge in [0.2, 0.25) is 0 Å². The Balaban J connectivity index is 2.27. The van der Waals surface area contributed by atoms with Crippen molar-refractivity contribution in [1.82, 2.24) is 9.97 Å². The highest BCUT2D eigenvalue weighted by atomic mass is 35.5. The summed E-state index contributed by atoms with van der Waals surface area (Å²) in [6.07, 6.45) is 2.62. The molecule has 1 aromatic carbocycles. The fourth-order valence-electron chi connectivity index (χ4n) is 1.37. The molecule has 1 amide bonds. The molecule has 94 valence electrons. The lowest BCUT2D eigenvalue weighted by Crippen LogP contribution is -2.15. The SMILES string of the molecule is N#Cc1ccc(Cl)c(NC(=O)c2cncc(N)n2)c1. The van der Waals surface area contributed by atoms with E-state index in [0.717, 1.165) is 0 Å². The van der Waals surface area contributed by atoms with Crippen molar-refractivity contribution in [3.63, 3.8) is 0 Å². The van der Waals surface area contributed by atoms with Crippen LogP contribution in [0.1, 0.15) is 16.1 Å². The smallest absolute Gasteiger partial charge is 0.275 e. The zero-order valence-corrected chi connectivity index (χ0v) is 10.3. The number of amides is 1. The number of halogens is 1. The van der Waals surface area contributed by atoms with Gasteiger partial charge in [-0.05, 0) is 18.2 Å². The van der Waals surface area contributed by atoms with Crippen molar-refractivity contribution in [2.24, 2.45) is 0 Å². The maximum Gasteiger partial charge on any atom is 0.275 e. The van der Waals surface area contributed by atoms with Gasteiger partial charge in [0.15, 0.2) is 0 Å². The van der Waals surface area contributed by atoms with Gasteiger partial charge in [-0.3, -0.25) is 9.78 Å². The van der Waals surface area contributed by atoms with Gasteiger partial charge in [0.1, 0.15) is 11.5 Å². The molecule has 2 rings (SSSR count). The maximum atomic E-state index is 11.9. The normalized spacial score (nSPS) is 9.68. The first-order valence-corrected chi connectivity index (χ1v) is 5.56. The van der Waals surface area contributed by atoms with Crippen LogP contribution in [0.25, 0.3) is 0 Å². The minimum atomic E-state index is -0.503. The van der Waals surface area contributed by atoms with Crippen molar-refractivity contribution in [2.45, 2.75) is 0 Å². The molecule has 0 bridgehead atoms. The average Bonchev–Trinajstić information content (AvgIpc) is 2.41. The van der Waals surface area contributed by atoms with Gasteiger partial charge in [0.25, 0.3) is 5.91 Å². The van der Waals surface area contributed by atoms with Crippen LogP contribution in [0.2, 0.25) is 5.02 Å². The van der Waals surface area contributed by atoms with Crippen LogP contribution in [0, 0.1) is 11.3 Å². The standard InChI is InChI=1S/C12H8ClN5O/c13-8-2-1-7(4-14)3-9(8)18-12(19)10-5-16-6-11(15)17-10/h1-3,5-6H,(H2,15,17)(H,18,19). The minimum absolute atomic E-state index is 0.0680. The van der Waals surface area contributed by atoms with Gasteiger partial charge in [-0.1, -0.05) is 11.6 Å². The molecule has 0 saturated heterocycles. The van der Waals surface area contributed by atoms with E-state index >= 15 is 0 Å². The summed E-state index contributed by atoms with van der Waals surface area (Å²) in [5, 5.41) is 11.7. The fourth-order valence-corrected chi connectivity index (χ4v) is 1.53. The second kappa shape index (κ2) is 5.33. The van der Waals surface area contributed by atoms with E-state index in [1.54, 1.807) is 6.07 Å². The number of hydrogen-bond donors (Lipinski definition) is 2. The first kappa shape index (κ1) is 12.8. The summed E-state index contributed by atoms with van der Waals surface area (Å²) >= 11 is 5.93. The quantitative estimate of drug-likeness (QED) is 0.868. The molecule has 0 fully saturated rings. The fraction of sp³-hybridized carbons (Fsp3) is 0. The molecule has 0 spiro atoms. The number of nitriles is 1. The Kier molecular flexibility index (Phi) is 3.59. The highest BCUT2D eigenvalue weighted by Crippen LogP contribution is 2.23. The van der Waals surface area contributed by atoms with Gasteiger partial charge in [-0.25, -0.2) is 4.98 Å². The molecule has 1 aromatic heterocycles. The summed E-state index contributed by atoms with van der Waals surface area (Å²) in [4.78, 5) is 19.5. The number of aromatic nitrogens is 2. The van der Waals surface area contributed by atoms with Crippen LogP contribution in [0.5, 0.6) is 0 Å². The second-order valence-corrected chi connectivity index (χ2v) is 4.00. The molecule has 1 heterocycles. The molecule has 0 aliphatic rings. The molecule has 6 nitrogen and oxygen atoms in total. The lowest BCUT2D eigenvalue weighted by Gasteiger charge is -2.07. The van der Waals surface area contributed by atoms with E-state index < -0.39 is 5.91 Å². The third kappa shape index (κ3) is 2.97. The Labute approximate surface area is 113 Å². The Morgan fingerprint density at radius 3 is 2.89 bits per heavy atom. The maximum absolute atomic E-state index is 11.9. The van der Waals surface area contributed by atoms with E-state index in [1.165, 1.54) is 24.5 Å². The van der Waals surface area contributed by atoms with Crippen LogP contribution in [-0.2, 0) is 0 Å². The molecule has 2 aromatic rings. The predicted molar refractivity (Wildman–Crippen MR) is 70.6 cm³/mol. The van der Waals surface area contributed by atoms with Crippen molar-refractivity contribution >= 4 is 29.0 Å². The third-order valence-electron chi connectivity index (χ3n) is 2.23. The largest absolute Gasteiger partial charge is 0.382 e. The lowest BCUT2D eigenvalue weighted by atomic mass is 10.2. The predicted octanol–water partition coefficient (Wildman–Crippen LogP) is 1.84. The molecular weight excluding hydrogens is 266 g/mol. The zero-order valence-electron chi connectivity index (χ0n) is 9.59. The van der Waals surface area contributed by atoms with Crippen LogP contribution in [0.4, 0.5) is 11.5 Å². The van der Waals surface area contributed by atoms with Crippen LogP contribution in [0.15, 0.2) is 30.6 Å². The number of benzene rings is 1. The number of nitrogens with one attached hydrogen (secondary N) is 1. The van der Waals surface area contributed by atoms with Crippen molar-refractivity contribution in [3.8, 4) is 6.07 Å². The van der Waals surface area contributed by atoms with E-state index in [1.807, 2.05) is 6.07 Å². The number of nitrogens with two attached hydrogens (primary N) is 1. The molecule has 0 saturated carbocycles. The van der Waals surface area contributed by atoms with E-state index in [-0.39, 0.29) is 11.5 Å². The first-order chi connectivity index (χ1) is 9.10. The molecule has 0 unspecified atom stereocenters. The van der Waals surface area contributed by atoms with E-state index in [4.69, 9.17) is 22.6 Å². The zero-order chi connectivity index (χ0) is 13.8. The topological polar surface area (TPSA) is 105 Å². The lowest BCUT2D eigenvalue weighted by molar-refractivity contribution is 0.102. The molecule has 19 heavy (non-hydrogen) atoms. The summed E-state index contributed by atoms with van der Waals surface area (Å²) in [6, 6.07) is 6.51. The van der Waals surface area contributed by atoms with Gasteiger partial charge in [-0.15, -0.1) is 0 Å². The summed E-state index contributed by atoms with van der Waals surface area (Å²) < 4.78 is 0. The summed E-state index contributed by atoms with van der Waals surface area (Å²) in [5.41, 5.74) is 6.23. The van der Waals surface area contributed by atoms with Crippen LogP contribution in [-0.4, -0.2) is 15.9 Å². The molecule has 0 atom stereocenters. The Bertz CT molecular complexity index is 680. The molecular formula is C12H8ClN5O. The van der Waals surface area contributed by atoms with Gasteiger partial charge in [0, 0.05) is 0 Å². The van der Waals surface area contributed by atoms with Gasteiger partial charge >= 0.3 is 0 Å². The minimum Gasteiger partial charge on any atom is -0.382 e. The number of nitrogens with zero attached hydrogens (tertiary/aromatic N) is 3. The van der Waals surface area contributed by atoms with Crippen LogP contribution in [0.3, 0.4) is 0 Å². The number of anilines is 2. The number of rotatable bonds is 2. The van der Waals surface area contributed by atoms with Crippen LogP contribution >= 0.6 is 11.6 Å². The highest BCUT2D eigenvalue weighted by Gasteiger charge is 2.11. The highest BCUT2D eigenvalue weighted by molar-refractivity contribution is 6.33. The molecule has 7 heteroatoms. The van der Waals surface area contributed by atoms with E-state index in [2.05, 4.69) is 15.3 Å². The van der Waals surface area contributed by atoms with E-state index in [0.29, 0.717) is 16.3 Å². The molecule has 0 radical (unpaired) electrons. The van der Waals surface area contributed by atoms with Crippen molar-refractivity contribution < 1.29 is 4.79 Å². The number of nitrogen functional groups attached to an aromatic ring is 1. The first-order valence-electron chi connectivity index (χ1n) is 5.18. The second-order valence-electron chi connectivity index (χ2n) is 3.59. The average molecular weight is 274 g/mol. The van der Waals surface area contributed by atoms with Gasteiger partial charge in [-0.2, -0.15) is 5.26 Å². The van der Waals surface area contributed by atoms with Crippen molar-refractivity contribution in [2.75, 3.05) is 11.1 Å². The molecule has 3 N–H and O–H groups in total. The Morgan fingerprint density at radius 2 is 2.21 bits per heavy atom. The van der Waals surface area contributed by atoms with Crippen molar-refractivity contribution in [3.05, 3.63) is 46.9 Å².